The van der Waals surface area contributed by atoms with Crippen LogP contribution in [0.2, 0.25) is 0 Å². The summed E-state index contributed by atoms with van der Waals surface area (Å²) in [5.74, 6) is 1.35. The van der Waals surface area contributed by atoms with E-state index < -0.39 is 0 Å². The van der Waals surface area contributed by atoms with Crippen LogP contribution in [-0.4, -0.2) is 23.6 Å². The van der Waals surface area contributed by atoms with E-state index in [9.17, 15) is 0 Å². The van der Waals surface area contributed by atoms with Crippen molar-refractivity contribution < 1.29 is 5.11 Å². The fourth-order valence-electron chi connectivity index (χ4n) is 2.14. The predicted molar refractivity (Wildman–Crippen MR) is 54.7 cm³/mol. The highest BCUT2D eigenvalue weighted by Gasteiger charge is 2.25. The van der Waals surface area contributed by atoms with Gasteiger partial charge >= 0.3 is 0 Å². The van der Waals surface area contributed by atoms with Crippen molar-refractivity contribution in [3.8, 4) is 0 Å². The van der Waals surface area contributed by atoms with Crippen molar-refractivity contribution in [3.63, 3.8) is 0 Å². The van der Waals surface area contributed by atoms with E-state index in [0.717, 1.165) is 12.8 Å². The summed E-state index contributed by atoms with van der Waals surface area (Å²) in [6.07, 6.45) is 5.68. The second kappa shape index (κ2) is 5.22. The molecule has 0 radical (unpaired) electrons. The van der Waals surface area contributed by atoms with E-state index in [1.54, 1.807) is 0 Å². The Balaban J connectivity index is 2.39. The van der Waals surface area contributed by atoms with Gasteiger partial charge in [0.05, 0.1) is 11.9 Å². The van der Waals surface area contributed by atoms with Gasteiger partial charge in [0.15, 0.2) is 0 Å². The molecule has 0 aromatic carbocycles. The van der Waals surface area contributed by atoms with Gasteiger partial charge in [-0.25, -0.2) is 0 Å². The maximum Gasteiger partial charge on any atom is 0.0909 e. The topological polar surface area (TPSA) is 58.6 Å². The molecule has 2 atom stereocenters. The van der Waals surface area contributed by atoms with Crippen molar-refractivity contribution >= 4 is 5.84 Å². The number of amidine groups is 1. The number of rotatable bonds is 4. The summed E-state index contributed by atoms with van der Waals surface area (Å²) < 4.78 is 0. The smallest absolute Gasteiger partial charge is 0.0909 e. The molecule has 0 spiro atoms. The average Bonchev–Trinajstić information content (AvgIpc) is 2.48. The number of aliphatic hydroxyl groups is 1. The molecule has 0 amide bonds. The van der Waals surface area contributed by atoms with Crippen LogP contribution in [0, 0.1) is 5.92 Å². The molecule has 0 aromatic rings. The average molecular weight is 184 g/mol. The lowest BCUT2D eigenvalue weighted by Gasteiger charge is -2.15. The molecule has 2 unspecified atom stereocenters. The van der Waals surface area contributed by atoms with Crippen molar-refractivity contribution in [1.29, 1.82) is 0 Å². The molecule has 3 nitrogen and oxygen atoms in total. The monoisotopic (exact) mass is 184 g/mol. The molecule has 0 bridgehead atoms. The molecule has 1 aliphatic rings. The van der Waals surface area contributed by atoms with Gasteiger partial charge in [-0.2, -0.15) is 0 Å². The molecule has 0 heterocycles. The minimum Gasteiger partial charge on any atom is -0.396 e. The molecule has 0 aliphatic heterocycles. The van der Waals surface area contributed by atoms with Crippen LogP contribution in [0.3, 0.4) is 0 Å². The molecule has 1 rings (SSSR count). The lowest BCUT2D eigenvalue weighted by atomic mass is 9.98. The van der Waals surface area contributed by atoms with Crippen LogP contribution in [0.25, 0.3) is 0 Å². The first-order valence-corrected chi connectivity index (χ1v) is 5.14. The molecule has 3 heteroatoms. The summed E-state index contributed by atoms with van der Waals surface area (Å²) in [5, 5.41) is 8.73. The predicted octanol–water partition coefficient (Wildman–Crippen LogP) is 1.30. The first kappa shape index (κ1) is 10.5. The SMILES string of the molecule is CC(N)=NC1CCCC1CCCO. The number of aliphatic hydroxyl groups excluding tert-OH is 1. The van der Waals surface area contributed by atoms with E-state index in [-0.39, 0.29) is 0 Å². The minimum atomic E-state index is 0.300. The van der Waals surface area contributed by atoms with E-state index in [1.807, 2.05) is 6.92 Å². The third-order valence-electron chi connectivity index (χ3n) is 2.72. The standard InChI is InChI=1S/C10H20N2O/c1-8(11)12-10-6-2-4-9(10)5-3-7-13/h9-10,13H,2-7H2,1H3,(H2,11,12). The van der Waals surface area contributed by atoms with Gasteiger partial charge in [-0.15, -0.1) is 0 Å². The van der Waals surface area contributed by atoms with E-state index in [1.165, 1.54) is 19.3 Å². The molecule has 1 saturated carbocycles. The highest BCUT2D eigenvalue weighted by Crippen LogP contribution is 2.31. The van der Waals surface area contributed by atoms with Gasteiger partial charge in [0, 0.05) is 6.61 Å². The lowest BCUT2D eigenvalue weighted by molar-refractivity contribution is 0.268. The summed E-state index contributed by atoms with van der Waals surface area (Å²) in [5.41, 5.74) is 5.56. The van der Waals surface area contributed by atoms with Gasteiger partial charge in [-0.05, 0) is 38.5 Å². The van der Waals surface area contributed by atoms with Crippen molar-refractivity contribution in [2.45, 2.75) is 45.1 Å². The number of hydrogen-bond acceptors (Lipinski definition) is 2. The van der Waals surface area contributed by atoms with Crippen LogP contribution in [0.15, 0.2) is 4.99 Å². The Morgan fingerprint density at radius 2 is 2.31 bits per heavy atom. The molecule has 3 N–H and O–H groups in total. The Kier molecular flexibility index (Phi) is 4.22. The largest absolute Gasteiger partial charge is 0.396 e. The Morgan fingerprint density at radius 3 is 2.92 bits per heavy atom. The van der Waals surface area contributed by atoms with Gasteiger partial charge in [0.1, 0.15) is 0 Å². The maximum atomic E-state index is 8.73. The molecule has 76 valence electrons. The third kappa shape index (κ3) is 3.35. The third-order valence-corrected chi connectivity index (χ3v) is 2.72. The fourth-order valence-corrected chi connectivity index (χ4v) is 2.14. The minimum absolute atomic E-state index is 0.300. The Hall–Kier alpha value is -0.570. The second-order valence-corrected chi connectivity index (χ2v) is 3.89. The Bertz CT molecular complexity index is 176. The summed E-state index contributed by atoms with van der Waals surface area (Å²) in [6.45, 7) is 2.15. The maximum absolute atomic E-state index is 8.73. The normalized spacial score (nSPS) is 29.5. The van der Waals surface area contributed by atoms with Crippen LogP contribution in [0.5, 0.6) is 0 Å². The second-order valence-electron chi connectivity index (χ2n) is 3.89. The van der Waals surface area contributed by atoms with Crippen molar-refractivity contribution in [2.24, 2.45) is 16.6 Å². The molecule has 1 fully saturated rings. The summed E-state index contributed by atoms with van der Waals surface area (Å²) in [7, 11) is 0. The first-order chi connectivity index (χ1) is 6.24. The number of nitrogens with zero attached hydrogens (tertiary/aromatic N) is 1. The van der Waals surface area contributed by atoms with Crippen LogP contribution in [-0.2, 0) is 0 Å². The molecule has 0 saturated heterocycles. The molecular formula is C10H20N2O. The number of aliphatic imine (C=N–C) groups is 1. The number of hydrogen-bond donors (Lipinski definition) is 2. The van der Waals surface area contributed by atoms with Gasteiger partial charge in [0.2, 0.25) is 0 Å². The zero-order valence-corrected chi connectivity index (χ0v) is 8.37. The molecular weight excluding hydrogens is 164 g/mol. The summed E-state index contributed by atoms with van der Waals surface area (Å²) in [6, 6.07) is 0.427. The first-order valence-electron chi connectivity index (χ1n) is 5.14. The van der Waals surface area contributed by atoms with E-state index in [0.29, 0.717) is 24.4 Å². The van der Waals surface area contributed by atoms with E-state index in [2.05, 4.69) is 4.99 Å². The zero-order valence-electron chi connectivity index (χ0n) is 8.37. The van der Waals surface area contributed by atoms with Gasteiger partial charge in [0.25, 0.3) is 0 Å². The molecule has 0 aromatic heterocycles. The van der Waals surface area contributed by atoms with Gasteiger partial charge < -0.3 is 10.8 Å². The van der Waals surface area contributed by atoms with Crippen LogP contribution < -0.4 is 5.73 Å². The quantitative estimate of drug-likeness (QED) is 0.511. The Morgan fingerprint density at radius 1 is 1.54 bits per heavy atom. The fraction of sp³-hybridized carbons (Fsp3) is 0.900. The van der Waals surface area contributed by atoms with Crippen LogP contribution >= 0.6 is 0 Å². The summed E-state index contributed by atoms with van der Waals surface area (Å²) in [4.78, 5) is 4.42. The molecule has 1 aliphatic carbocycles. The van der Waals surface area contributed by atoms with Crippen molar-refractivity contribution in [3.05, 3.63) is 0 Å². The van der Waals surface area contributed by atoms with E-state index in [4.69, 9.17) is 10.8 Å². The van der Waals surface area contributed by atoms with Crippen LogP contribution in [0.1, 0.15) is 39.0 Å². The lowest BCUT2D eigenvalue weighted by Crippen LogP contribution is -2.17. The zero-order chi connectivity index (χ0) is 9.68. The van der Waals surface area contributed by atoms with Gasteiger partial charge in [-0.3, -0.25) is 4.99 Å². The van der Waals surface area contributed by atoms with Crippen molar-refractivity contribution in [1.82, 2.24) is 0 Å². The summed E-state index contributed by atoms with van der Waals surface area (Å²) >= 11 is 0. The Labute approximate surface area is 80.0 Å². The van der Waals surface area contributed by atoms with E-state index >= 15 is 0 Å². The number of nitrogens with two attached hydrogens (primary N) is 1. The highest BCUT2D eigenvalue weighted by molar-refractivity contribution is 5.77. The molecule has 13 heavy (non-hydrogen) atoms. The van der Waals surface area contributed by atoms with Crippen LogP contribution in [0.4, 0.5) is 0 Å². The van der Waals surface area contributed by atoms with Crippen molar-refractivity contribution in [2.75, 3.05) is 6.61 Å². The van der Waals surface area contributed by atoms with Gasteiger partial charge in [-0.1, -0.05) is 6.42 Å². The highest BCUT2D eigenvalue weighted by atomic mass is 16.2.